The molecule has 3 atom stereocenters. The van der Waals surface area contributed by atoms with E-state index in [1.54, 1.807) is 0 Å². The van der Waals surface area contributed by atoms with Crippen LogP contribution in [0.25, 0.3) is 0 Å². The smallest absolute Gasteiger partial charge is 0.226 e. The van der Waals surface area contributed by atoms with Gasteiger partial charge < -0.3 is 10.2 Å². The Labute approximate surface area is 104 Å². The molecule has 3 rings (SSSR count). The summed E-state index contributed by atoms with van der Waals surface area (Å²) in [5.41, 5.74) is 0.397. The molecule has 96 valence electrons. The Bertz CT molecular complexity index is 322. The summed E-state index contributed by atoms with van der Waals surface area (Å²) >= 11 is 0. The van der Waals surface area contributed by atoms with E-state index < -0.39 is 0 Å². The van der Waals surface area contributed by atoms with E-state index in [1.807, 2.05) is 0 Å². The second-order valence-corrected chi connectivity index (χ2v) is 6.55. The van der Waals surface area contributed by atoms with Gasteiger partial charge in [-0.15, -0.1) is 0 Å². The zero-order valence-corrected chi connectivity index (χ0v) is 11.0. The predicted octanol–water partition coefficient (Wildman–Crippen LogP) is 1.63. The normalized spacial score (nSPS) is 39.6. The molecule has 0 aromatic rings. The molecule has 0 aromatic carbocycles. The predicted molar refractivity (Wildman–Crippen MR) is 67.6 cm³/mol. The molecular weight excluding hydrogens is 212 g/mol. The van der Waals surface area contributed by atoms with Gasteiger partial charge in [0, 0.05) is 18.5 Å². The molecule has 17 heavy (non-hydrogen) atoms. The molecule has 3 aliphatic rings. The van der Waals surface area contributed by atoms with Crippen LogP contribution >= 0.6 is 0 Å². The van der Waals surface area contributed by atoms with Gasteiger partial charge in [-0.1, -0.05) is 6.92 Å². The summed E-state index contributed by atoms with van der Waals surface area (Å²) < 4.78 is 0. The molecule has 3 heteroatoms. The van der Waals surface area contributed by atoms with E-state index in [-0.39, 0.29) is 0 Å². The molecule has 2 saturated heterocycles. The zero-order chi connectivity index (χ0) is 12.0. The largest absolute Gasteiger partial charge is 0.339 e. The summed E-state index contributed by atoms with van der Waals surface area (Å²) in [5.74, 6) is 1.51. The van der Waals surface area contributed by atoms with Crippen molar-refractivity contribution < 1.29 is 4.79 Å². The molecule has 3 fully saturated rings. The SMILES string of the molecule is CC1CC(C)N(C(=O)C2CC23CCNCC3)C1. The zero-order valence-electron chi connectivity index (χ0n) is 11.0. The molecule has 1 N–H and O–H groups in total. The van der Waals surface area contributed by atoms with E-state index >= 15 is 0 Å². The molecular formula is C14H24N2O. The van der Waals surface area contributed by atoms with Crippen molar-refractivity contribution in [2.75, 3.05) is 19.6 Å². The first kappa shape index (κ1) is 11.5. The van der Waals surface area contributed by atoms with E-state index in [4.69, 9.17) is 0 Å². The van der Waals surface area contributed by atoms with Crippen LogP contribution in [0.2, 0.25) is 0 Å². The second-order valence-electron chi connectivity index (χ2n) is 6.55. The van der Waals surface area contributed by atoms with Crippen molar-refractivity contribution in [3.63, 3.8) is 0 Å². The maximum Gasteiger partial charge on any atom is 0.226 e. The summed E-state index contributed by atoms with van der Waals surface area (Å²) in [6.45, 7) is 7.67. The minimum atomic E-state index is 0.359. The van der Waals surface area contributed by atoms with Gasteiger partial charge in [-0.25, -0.2) is 0 Å². The Balaban J connectivity index is 1.64. The average Bonchev–Trinajstić information content (AvgIpc) is 2.88. The molecule has 3 nitrogen and oxygen atoms in total. The van der Waals surface area contributed by atoms with E-state index in [2.05, 4.69) is 24.1 Å². The Morgan fingerprint density at radius 3 is 2.59 bits per heavy atom. The van der Waals surface area contributed by atoms with Crippen molar-refractivity contribution in [1.29, 1.82) is 0 Å². The minimum Gasteiger partial charge on any atom is -0.339 e. The molecule has 1 aliphatic carbocycles. The molecule has 1 saturated carbocycles. The monoisotopic (exact) mass is 236 g/mol. The van der Waals surface area contributed by atoms with Crippen LogP contribution in [0.15, 0.2) is 0 Å². The highest BCUT2D eigenvalue weighted by Crippen LogP contribution is 2.59. The summed E-state index contributed by atoms with van der Waals surface area (Å²) in [6.07, 6.45) is 4.76. The van der Waals surface area contributed by atoms with Crippen LogP contribution < -0.4 is 5.32 Å². The van der Waals surface area contributed by atoms with Crippen LogP contribution in [0, 0.1) is 17.3 Å². The Morgan fingerprint density at radius 1 is 1.29 bits per heavy atom. The van der Waals surface area contributed by atoms with Crippen molar-refractivity contribution in [2.24, 2.45) is 17.3 Å². The molecule has 0 bridgehead atoms. The standard InChI is InChI=1S/C14H24N2O/c1-10-7-11(2)16(9-10)13(17)12-8-14(12)3-5-15-6-4-14/h10-12,15H,3-9H2,1-2H3. The third-order valence-corrected chi connectivity index (χ3v) is 5.15. The first-order valence-electron chi connectivity index (χ1n) is 7.13. The van der Waals surface area contributed by atoms with Crippen molar-refractivity contribution in [3.05, 3.63) is 0 Å². The number of amides is 1. The van der Waals surface area contributed by atoms with E-state index in [0.29, 0.717) is 29.2 Å². The molecule has 0 radical (unpaired) electrons. The molecule has 2 heterocycles. The number of nitrogens with one attached hydrogen (secondary N) is 1. The number of nitrogens with zero attached hydrogens (tertiary/aromatic N) is 1. The van der Waals surface area contributed by atoms with Gasteiger partial charge in [0.1, 0.15) is 0 Å². The fourth-order valence-electron chi connectivity index (χ4n) is 3.98. The highest BCUT2D eigenvalue weighted by molar-refractivity contribution is 5.83. The number of hydrogen-bond donors (Lipinski definition) is 1. The molecule has 3 unspecified atom stereocenters. The lowest BCUT2D eigenvalue weighted by molar-refractivity contribution is -0.134. The van der Waals surface area contributed by atoms with Gasteiger partial charge in [0.15, 0.2) is 0 Å². The van der Waals surface area contributed by atoms with Crippen LogP contribution in [-0.4, -0.2) is 36.5 Å². The van der Waals surface area contributed by atoms with Gasteiger partial charge in [-0.2, -0.15) is 0 Å². The lowest BCUT2D eigenvalue weighted by atomic mass is 9.91. The summed E-state index contributed by atoms with van der Waals surface area (Å²) in [4.78, 5) is 14.7. The van der Waals surface area contributed by atoms with Crippen molar-refractivity contribution >= 4 is 5.91 Å². The van der Waals surface area contributed by atoms with Gasteiger partial charge in [-0.3, -0.25) is 4.79 Å². The van der Waals surface area contributed by atoms with Gasteiger partial charge in [0.2, 0.25) is 5.91 Å². The minimum absolute atomic E-state index is 0.359. The molecule has 0 aromatic heterocycles. The number of hydrogen-bond acceptors (Lipinski definition) is 2. The van der Waals surface area contributed by atoms with E-state index in [9.17, 15) is 4.79 Å². The van der Waals surface area contributed by atoms with Gasteiger partial charge in [-0.05, 0) is 57.0 Å². The number of likely N-dealkylation sites (tertiary alicyclic amines) is 1. The quantitative estimate of drug-likeness (QED) is 0.750. The maximum atomic E-state index is 12.5. The van der Waals surface area contributed by atoms with Gasteiger partial charge >= 0.3 is 0 Å². The first-order valence-corrected chi connectivity index (χ1v) is 7.13. The summed E-state index contributed by atoms with van der Waals surface area (Å²) in [7, 11) is 0. The molecule has 1 amide bonds. The van der Waals surface area contributed by atoms with Gasteiger partial charge in [0.25, 0.3) is 0 Å². The Morgan fingerprint density at radius 2 is 2.00 bits per heavy atom. The Hall–Kier alpha value is -0.570. The lowest BCUT2D eigenvalue weighted by Crippen LogP contribution is -2.38. The van der Waals surface area contributed by atoms with Crippen molar-refractivity contribution in [3.8, 4) is 0 Å². The highest BCUT2D eigenvalue weighted by atomic mass is 16.2. The summed E-state index contributed by atoms with van der Waals surface area (Å²) in [5, 5.41) is 3.40. The number of rotatable bonds is 1. The van der Waals surface area contributed by atoms with Crippen LogP contribution in [0.1, 0.15) is 39.5 Å². The van der Waals surface area contributed by atoms with Crippen molar-refractivity contribution in [2.45, 2.75) is 45.6 Å². The van der Waals surface area contributed by atoms with E-state index in [0.717, 1.165) is 26.1 Å². The molecule has 2 aliphatic heterocycles. The first-order chi connectivity index (χ1) is 8.12. The van der Waals surface area contributed by atoms with Crippen molar-refractivity contribution in [1.82, 2.24) is 10.2 Å². The lowest BCUT2D eigenvalue weighted by Gasteiger charge is -2.26. The third-order valence-electron chi connectivity index (χ3n) is 5.15. The maximum absolute atomic E-state index is 12.5. The Kier molecular flexibility index (Phi) is 2.69. The number of carbonyl (C=O) groups is 1. The second kappa shape index (κ2) is 3.98. The van der Waals surface area contributed by atoms with Crippen LogP contribution in [-0.2, 0) is 4.79 Å². The van der Waals surface area contributed by atoms with Gasteiger partial charge in [0.05, 0.1) is 0 Å². The fourth-order valence-corrected chi connectivity index (χ4v) is 3.98. The topological polar surface area (TPSA) is 32.3 Å². The molecule has 1 spiro atoms. The highest BCUT2D eigenvalue weighted by Gasteiger charge is 2.59. The average molecular weight is 236 g/mol. The van der Waals surface area contributed by atoms with E-state index in [1.165, 1.54) is 19.3 Å². The van der Waals surface area contributed by atoms with Crippen LogP contribution in [0.4, 0.5) is 0 Å². The van der Waals surface area contributed by atoms with Crippen LogP contribution in [0.5, 0.6) is 0 Å². The fraction of sp³-hybridized carbons (Fsp3) is 0.929. The van der Waals surface area contributed by atoms with Crippen LogP contribution in [0.3, 0.4) is 0 Å². The number of piperidine rings is 1. The summed E-state index contributed by atoms with van der Waals surface area (Å²) in [6, 6.07) is 0.469. The number of carbonyl (C=O) groups excluding carboxylic acids is 1. The third kappa shape index (κ3) is 1.88.